The van der Waals surface area contributed by atoms with Gasteiger partial charge < -0.3 is 21.1 Å². The third kappa shape index (κ3) is 7.59. The Morgan fingerprint density at radius 1 is 1.23 bits per heavy atom. The molecule has 1 aromatic heterocycles. The zero-order valence-corrected chi connectivity index (χ0v) is 16.8. The maximum Gasteiger partial charge on any atom is 0.490 e. The Labute approximate surface area is 177 Å². The van der Waals surface area contributed by atoms with Gasteiger partial charge in [0.25, 0.3) is 0 Å². The number of piperidine rings is 1. The van der Waals surface area contributed by atoms with Gasteiger partial charge >= 0.3 is 18.2 Å². The summed E-state index contributed by atoms with van der Waals surface area (Å²) in [5, 5.41) is 14.6. The molecule has 1 fully saturated rings. The summed E-state index contributed by atoms with van der Waals surface area (Å²) in [5.74, 6) is -2.76. The van der Waals surface area contributed by atoms with Gasteiger partial charge in [-0.3, -0.25) is 4.68 Å². The van der Waals surface area contributed by atoms with Gasteiger partial charge in [-0.05, 0) is 30.9 Å². The van der Waals surface area contributed by atoms with E-state index in [2.05, 4.69) is 10.4 Å². The van der Waals surface area contributed by atoms with Gasteiger partial charge in [0.15, 0.2) is 0 Å². The predicted octanol–water partition coefficient (Wildman–Crippen LogP) is 2.78. The minimum atomic E-state index is -5.08. The van der Waals surface area contributed by atoms with Gasteiger partial charge in [-0.2, -0.15) is 18.3 Å². The number of alkyl halides is 3. The number of carboxylic acid groups (broad SMARTS) is 1. The smallest absolute Gasteiger partial charge is 0.475 e. The van der Waals surface area contributed by atoms with Crippen molar-refractivity contribution >= 4 is 12.0 Å². The molecule has 0 aliphatic carbocycles. The van der Waals surface area contributed by atoms with E-state index in [1.165, 1.54) is 0 Å². The molecule has 31 heavy (non-hydrogen) atoms. The molecule has 2 unspecified atom stereocenters. The maximum absolute atomic E-state index is 12.8. The second-order valence-corrected chi connectivity index (χ2v) is 7.02. The zero-order chi connectivity index (χ0) is 22.9. The molecule has 2 atom stereocenters. The van der Waals surface area contributed by atoms with Crippen LogP contribution in [-0.4, -0.2) is 57.1 Å². The first-order valence-corrected chi connectivity index (χ1v) is 9.82. The number of likely N-dealkylation sites (tertiary alicyclic amines) is 1. The van der Waals surface area contributed by atoms with Crippen LogP contribution >= 0.6 is 0 Å². The number of hydrogen-bond donors (Lipinski definition) is 3. The lowest BCUT2D eigenvalue weighted by molar-refractivity contribution is -0.192. The number of carbonyl (C=O) groups is 2. The van der Waals surface area contributed by atoms with Crippen LogP contribution in [0.2, 0.25) is 0 Å². The van der Waals surface area contributed by atoms with Crippen LogP contribution in [0.1, 0.15) is 30.9 Å². The lowest BCUT2D eigenvalue weighted by atomic mass is 10.0. The Hall–Kier alpha value is -3.08. The highest BCUT2D eigenvalue weighted by molar-refractivity contribution is 5.75. The lowest BCUT2D eigenvalue weighted by Gasteiger charge is -2.36. The molecule has 170 valence electrons. The number of urea groups is 1. The van der Waals surface area contributed by atoms with Crippen molar-refractivity contribution in [2.75, 3.05) is 13.1 Å². The first-order valence-electron chi connectivity index (χ1n) is 9.82. The van der Waals surface area contributed by atoms with Gasteiger partial charge in [0.2, 0.25) is 0 Å². The molecule has 1 aliphatic heterocycles. The quantitative estimate of drug-likeness (QED) is 0.660. The maximum atomic E-state index is 12.8. The van der Waals surface area contributed by atoms with Crippen molar-refractivity contribution in [2.45, 2.75) is 44.1 Å². The van der Waals surface area contributed by atoms with E-state index in [0.717, 1.165) is 31.4 Å². The summed E-state index contributed by atoms with van der Waals surface area (Å²) in [7, 11) is 0. The van der Waals surface area contributed by atoms with Crippen molar-refractivity contribution in [2.24, 2.45) is 5.73 Å². The van der Waals surface area contributed by atoms with Crippen LogP contribution in [0, 0.1) is 0 Å². The van der Waals surface area contributed by atoms with Gasteiger partial charge in [0.05, 0.1) is 12.6 Å². The Kier molecular flexibility index (Phi) is 8.86. The van der Waals surface area contributed by atoms with Crippen molar-refractivity contribution in [3.8, 4) is 0 Å². The van der Waals surface area contributed by atoms with E-state index in [0.29, 0.717) is 13.1 Å². The number of hydrogen-bond acceptors (Lipinski definition) is 4. The van der Waals surface area contributed by atoms with E-state index >= 15 is 0 Å². The Bertz CT molecular complexity index is 815. The minimum Gasteiger partial charge on any atom is -0.475 e. The second kappa shape index (κ2) is 11.3. The fourth-order valence-electron chi connectivity index (χ4n) is 3.26. The number of nitrogens with one attached hydrogen (secondary N) is 1. The van der Waals surface area contributed by atoms with Crippen LogP contribution < -0.4 is 11.1 Å². The van der Waals surface area contributed by atoms with E-state index in [1.807, 2.05) is 52.2 Å². The number of carbonyl (C=O) groups excluding carboxylic acids is 1. The Morgan fingerprint density at radius 2 is 1.90 bits per heavy atom. The summed E-state index contributed by atoms with van der Waals surface area (Å²) in [4.78, 5) is 23.6. The summed E-state index contributed by atoms with van der Waals surface area (Å²) in [6.45, 7) is 1.89. The van der Waals surface area contributed by atoms with E-state index in [1.54, 1.807) is 6.20 Å². The van der Waals surface area contributed by atoms with Crippen LogP contribution in [-0.2, 0) is 11.3 Å². The zero-order valence-electron chi connectivity index (χ0n) is 16.8. The average molecular weight is 441 g/mol. The fourth-order valence-corrected chi connectivity index (χ4v) is 3.26. The highest BCUT2D eigenvalue weighted by Gasteiger charge is 2.38. The van der Waals surface area contributed by atoms with Gasteiger partial charge in [-0.15, -0.1) is 0 Å². The molecule has 2 amide bonds. The van der Waals surface area contributed by atoms with E-state index in [9.17, 15) is 18.0 Å². The van der Waals surface area contributed by atoms with Crippen LogP contribution in [0.5, 0.6) is 0 Å². The van der Waals surface area contributed by atoms with Crippen LogP contribution in [0.25, 0.3) is 0 Å². The summed E-state index contributed by atoms with van der Waals surface area (Å²) < 4.78 is 33.6. The monoisotopic (exact) mass is 441 g/mol. The third-order valence-electron chi connectivity index (χ3n) is 4.83. The molecule has 4 N–H and O–H groups in total. The number of aliphatic carboxylic acids is 1. The molecular weight excluding hydrogens is 415 g/mol. The molecule has 0 saturated carbocycles. The van der Waals surface area contributed by atoms with Crippen molar-refractivity contribution in [1.82, 2.24) is 20.0 Å². The summed E-state index contributed by atoms with van der Waals surface area (Å²) in [6.07, 6.45) is 1.74. The summed E-state index contributed by atoms with van der Waals surface area (Å²) in [6, 6.07) is 11.9. The van der Waals surface area contributed by atoms with Crippen LogP contribution in [0.15, 0.2) is 48.8 Å². The normalized spacial score (nSPS) is 17.3. The Balaban J connectivity index is 0.000000423. The molecule has 8 nitrogen and oxygen atoms in total. The molecule has 0 spiro atoms. The molecule has 3 rings (SSSR count). The summed E-state index contributed by atoms with van der Waals surface area (Å²) >= 11 is 0. The van der Waals surface area contributed by atoms with E-state index in [4.69, 9.17) is 15.6 Å². The number of rotatable bonds is 5. The van der Waals surface area contributed by atoms with E-state index < -0.39 is 12.1 Å². The van der Waals surface area contributed by atoms with Crippen molar-refractivity contribution in [3.05, 3.63) is 54.4 Å². The molecule has 1 saturated heterocycles. The molecule has 2 heterocycles. The standard InChI is InChI=1S/C18H25N5O.C2HF3O2/c19-13-16-9-4-5-12-23(16)18(24)21-17(14-22-11-6-10-20-22)15-7-2-1-3-8-15;3-2(4,5)1(6)7/h1-3,6-8,10-11,16-17H,4-5,9,12-14,19H2,(H,21,24);(H,6,7). The van der Waals surface area contributed by atoms with Crippen molar-refractivity contribution < 1.29 is 27.9 Å². The Morgan fingerprint density at radius 3 is 2.45 bits per heavy atom. The fraction of sp³-hybridized carbons (Fsp3) is 0.450. The lowest BCUT2D eigenvalue weighted by Crippen LogP contribution is -2.52. The molecule has 2 aromatic rings. The minimum absolute atomic E-state index is 0.0360. The molecule has 1 aromatic carbocycles. The van der Waals surface area contributed by atoms with Crippen molar-refractivity contribution in [1.29, 1.82) is 0 Å². The van der Waals surface area contributed by atoms with Crippen LogP contribution in [0.4, 0.5) is 18.0 Å². The van der Waals surface area contributed by atoms with Gasteiger partial charge in [0.1, 0.15) is 0 Å². The average Bonchev–Trinajstić information content (AvgIpc) is 3.26. The van der Waals surface area contributed by atoms with E-state index in [-0.39, 0.29) is 18.1 Å². The topological polar surface area (TPSA) is 113 Å². The third-order valence-corrected chi connectivity index (χ3v) is 4.83. The number of aromatic nitrogens is 2. The second-order valence-electron chi connectivity index (χ2n) is 7.02. The van der Waals surface area contributed by atoms with Gasteiger partial charge in [0, 0.05) is 31.5 Å². The number of carboxylic acids is 1. The SMILES string of the molecule is NCC1CCCCN1C(=O)NC(Cn1cccn1)c1ccccc1.O=C(O)C(F)(F)F. The number of halogens is 3. The van der Waals surface area contributed by atoms with Gasteiger partial charge in [-0.1, -0.05) is 30.3 Å². The molecule has 0 radical (unpaired) electrons. The highest BCUT2D eigenvalue weighted by atomic mass is 19.4. The highest BCUT2D eigenvalue weighted by Crippen LogP contribution is 2.19. The number of nitrogens with two attached hydrogens (primary N) is 1. The molecule has 11 heteroatoms. The molecular formula is C20H26F3N5O3. The number of benzene rings is 1. The molecule has 1 aliphatic rings. The van der Waals surface area contributed by atoms with Crippen LogP contribution in [0.3, 0.4) is 0 Å². The predicted molar refractivity (Wildman–Crippen MR) is 107 cm³/mol. The number of amides is 2. The largest absolute Gasteiger partial charge is 0.490 e. The van der Waals surface area contributed by atoms with Crippen molar-refractivity contribution in [3.63, 3.8) is 0 Å². The first kappa shape index (κ1) is 24.2. The molecule has 0 bridgehead atoms. The van der Waals surface area contributed by atoms with Gasteiger partial charge in [-0.25, -0.2) is 9.59 Å². The summed E-state index contributed by atoms with van der Waals surface area (Å²) in [5.41, 5.74) is 6.92. The first-order chi connectivity index (χ1) is 14.7. The number of nitrogens with zero attached hydrogens (tertiary/aromatic N) is 3.